The second-order valence-electron chi connectivity index (χ2n) is 6.75. The Kier molecular flexibility index (Phi) is 6.66. The van der Waals surface area contributed by atoms with Crippen LogP contribution >= 0.6 is 11.8 Å². The number of furan rings is 1. The minimum absolute atomic E-state index is 0.292. The summed E-state index contributed by atoms with van der Waals surface area (Å²) >= 11 is 1.36. The lowest BCUT2D eigenvalue weighted by Gasteiger charge is -2.12. The number of hydrogen-bond donors (Lipinski definition) is 0. The molecule has 2 aromatic carbocycles. The predicted octanol–water partition coefficient (Wildman–Crippen LogP) is 5.46. The zero-order valence-corrected chi connectivity index (χ0v) is 18.1. The monoisotopic (exact) mass is 448 g/mol. The molecule has 4 aromatic rings. The van der Waals surface area contributed by atoms with E-state index in [9.17, 15) is 10.1 Å². The molecular formula is C23H20N4O4S. The summed E-state index contributed by atoms with van der Waals surface area (Å²) in [6, 6.07) is 20.8. The summed E-state index contributed by atoms with van der Waals surface area (Å²) in [6.45, 7) is 0.673. The highest BCUT2D eigenvalue weighted by molar-refractivity contribution is 8.02. The van der Waals surface area contributed by atoms with Crippen LogP contribution in [0.15, 0.2) is 81.7 Å². The van der Waals surface area contributed by atoms with Crippen molar-refractivity contribution in [3.05, 3.63) is 93.6 Å². The Morgan fingerprint density at radius 1 is 1.09 bits per heavy atom. The van der Waals surface area contributed by atoms with Crippen LogP contribution in [0.2, 0.25) is 0 Å². The van der Waals surface area contributed by atoms with Gasteiger partial charge in [0.2, 0.25) is 0 Å². The quantitative estimate of drug-likeness (QED) is 0.190. The molecule has 2 aromatic heterocycles. The van der Waals surface area contributed by atoms with Crippen molar-refractivity contribution in [1.29, 1.82) is 0 Å². The second kappa shape index (κ2) is 9.97. The average Bonchev–Trinajstić information content (AvgIpc) is 3.46. The molecule has 0 fully saturated rings. The summed E-state index contributed by atoms with van der Waals surface area (Å²) in [4.78, 5) is 10.2. The van der Waals surface area contributed by atoms with Gasteiger partial charge in [0.1, 0.15) is 16.4 Å². The number of hydrogen-bond acceptors (Lipinski definition) is 7. The molecular weight excluding hydrogens is 428 g/mol. The number of aryl methyl sites for hydroxylation is 1. The van der Waals surface area contributed by atoms with Crippen LogP contribution in [0.25, 0.3) is 17.5 Å². The maximum atomic E-state index is 10.8. The minimum atomic E-state index is -0.565. The second-order valence-corrected chi connectivity index (χ2v) is 7.62. The van der Waals surface area contributed by atoms with Gasteiger partial charge in [0.15, 0.2) is 11.0 Å². The Morgan fingerprint density at radius 3 is 2.62 bits per heavy atom. The van der Waals surface area contributed by atoms with Crippen LogP contribution in [-0.2, 0) is 13.0 Å². The third-order valence-electron chi connectivity index (χ3n) is 4.73. The van der Waals surface area contributed by atoms with Crippen LogP contribution in [0.3, 0.4) is 0 Å². The minimum Gasteiger partial charge on any atom is -0.496 e. The molecule has 162 valence electrons. The van der Waals surface area contributed by atoms with Crippen LogP contribution in [0.4, 0.5) is 5.88 Å². The summed E-state index contributed by atoms with van der Waals surface area (Å²) in [5, 5.41) is 22.1. The summed E-state index contributed by atoms with van der Waals surface area (Å²) in [7, 11) is 1.63. The number of thioether (sulfide) groups is 1. The number of benzene rings is 2. The molecule has 0 bridgehead atoms. The fourth-order valence-corrected chi connectivity index (χ4v) is 3.90. The topological polar surface area (TPSA) is 96.2 Å². The summed E-state index contributed by atoms with van der Waals surface area (Å²) in [5.41, 5.74) is 2.06. The van der Waals surface area contributed by atoms with Gasteiger partial charge in [-0.15, -0.1) is 10.2 Å². The Morgan fingerprint density at radius 2 is 1.88 bits per heavy atom. The van der Waals surface area contributed by atoms with E-state index in [1.807, 2.05) is 47.0 Å². The smallest absolute Gasteiger partial charge is 0.433 e. The van der Waals surface area contributed by atoms with Gasteiger partial charge in [0.05, 0.1) is 18.7 Å². The lowest BCUT2D eigenvalue weighted by atomic mass is 10.1. The number of nitro groups is 1. The van der Waals surface area contributed by atoms with Crippen molar-refractivity contribution >= 4 is 23.7 Å². The SMILES string of the molecule is COc1ccccc1-c1nnc(S/C=C/c2ccc([N+](=O)[O-])o2)n1CCc1ccccc1. The van der Waals surface area contributed by atoms with E-state index in [1.165, 1.54) is 23.4 Å². The number of rotatable bonds is 9. The van der Waals surface area contributed by atoms with Crippen molar-refractivity contribution in [1.82, 2.24) is 14.8 Å². The molecule has 0 saturated heterocycles. The van der Waals surface area contributed by atoms with Crippen molar-refractivity contribution < 1.29 is 14.1 Å². The molecule has 0 spiro atoms. The number of ether oxygens (including phenoxy) is 1. The maximum Gasteiger partial charge on any atom is 0.433 e. The number of methoxy groups -OCH3 is 1. The van der Waals surface area contributed by atoms with Gasteiger partial charge < -0.3 is 13.7 Å². The summed E-state index contributed by atoms with van der Waals surface area (Å²) in [5.74, 6) is 1.53. The van der Waals surface area contributed by atoms with Gasteiger partial charge in [-0.1, -0.05) is 54.2 Å². The Hall–Kier alpha value is -3.85. The van der Waals surface area contributed by atoms with Crippen LogP contribution < -0.4 is 4.74 Å². The number of para-hydroxylation sites is 1. The molecule has 4 rings (SSSR count). The fraction of sp³-hybridized carbons (Fsp3) is 0.130. The molecule has 0 unspecified atom stereocenters. The first-order valence-corrected chi connectivity index (χ1v) is 10.7. The number of aromatic nitrogens is 3. The molecule has 9 heteroatoms. The molecule has 0 radical (unpaired) electrons. The first kappa shape index (κ1) is 21.4. The lowest BCUT2D eigenvalue weighted by molar-refractivity contribution is -0.402. The Labute approximate surface area is 188 Å². The third kappa shape index (κ3) is 4.89. The highest BCUT2D eigenvalue weighted by Gasteiger charge is 2.17. The Balaban J connectivity index is 1.61. The van der Waals surface area contributed by atoms with Gasteiger partial charge in [0.25, 0.3) is 0 Å². The van der Waals surface area contributed by atoms with Crippen molar-refractivity contribution in [3.63, 3.8) is 0 Å². The molecule has 0 aliphatic carbocycles. The van der Waals surface area contributed by atoms with E-state index in [2.05, 4.69) is 22.3 Å². The average molecular weight is 449 g/mol. The zero-order chi connectivity index (χ0) is 22.3. The van der Waals surface area contributed by atoms with Gasteiger partial charge >= 0.3 is 5.88 Å². The van der Waals surface area contributed by atoms with E-state index in [-0.39, 0.29) is 5.88 Å². The van der Waals surface area contributed by atoms with Crippen LogP contribution in [0.1, 0.15) is 11.3 Å². The van der Waals surface area contributed by atoms with E-state index in [0.717, 1.165) is 17.7 Å². The molecule has 2 heterocycles. The van der Waals surface area contributed by atoms with E-state index in [4.69, 9.17) is 9.15 Å². The van der Waals surface area contributed by atoms with Crippen LogP contribution in [-0.4, -0.2) is 26.8 Å². The molecule has 0 aliphatic heterocycles. The van der Waals surface area contributed by atoms with Crippen molar-refractivity contribution in [2.24, 2.45) is 0 Å². The van der Waals surface area contributed by atoms with Gasteiger partial charge in [-0.3, -0.25) is 10.1 Å². The predicted molar refractivity (Wildman–Crippen MR) is 122 cm³/mol. The highest BCUT2D eigenvalue weighted by atomic mass is 32.2. The van der Waals surface area contributed by atoms with Crippen molar-refractivity contribution in [2.45, 2.75) is 18.1 Å². The van der Waals surface area contributed by atoms with Gasteiger partial charge in [0, 0.05) is 6.54 Å². The van der Waals surface area contributed by atoms with Crippen molar-refractivity contribution in [2.75, 3.05) is 7.11 Å². The highest BCUT2D eigenvalue weighted by Crippen LogP contribution is 2.31. The Bertz CT molecular complexity index is 1230. The summed E-state index contributed by atoms with van der Waals surface area (Å²) < 4.78 is 12.7. The maximum absolute atomic E-state index is 10.8. The van der Waals surface area contributed by atoms with Crippen molar-refractivity contribution in [3.8, 4) is 17.1 Å². The normalized spacial score (nSPS) is 11.2. The lowest BCUT2D eigenvalue weighted by Crippen LogP contribution is -2.05. The first-order chi connectivity index (χ1) is 15.7. The van der Waals surface area contributed by atoms with Gasteiger partial charge in [-0.2, -0.15) is 0 Å². The van der Waals surface area contributed by atoms with Gasteiger partial charge in [-0.05, 0) is 41.7 Å². The summed E-state index contributed by atoms with van der Waals surface area (Å²) in [6.07, 6.45) is 2.47. The molecule has 0 aliphatic rings. The first-order valence-electron chi connectivity index (χ1n) is 9.83. The molecule has 0 N–H and O–H groups in total. The molecule has 0 saturated carbocycles. The number of nitrogens with zero attached hydrogens (tertiary/aromatic N) is 4. The van der Waals surface area contributed by atoms with Crippen LogP contribution in [0.5, 0.6) is 5.75 Å². The van der Waals surface area contributed by atoms with E-state index in [0.29, 0.717) is 23.3 Å². The third-order valence-corrected chi connectivity index (χ3v) is 5.51. The largest absolute Gasteiger partial charge is 0.496 e. The van der Waals surface area contributed by atoms with E-state index >= 15 is 0 Å². The zero-order valence-electron chi connectivity index (χ0n) is 17.2. The molecule has 8 nitrogen and oxygen atoms in total. The van der Waals surface area contributed by atoms with Crippen LogP contribution in [0, 0.1) is 10.1 Å². The molecule has 0 amide bonds. The van der Waals surface area contributed by atoms with Gasteiger partial charge in [-0.25, -0.2) is 0 Å². The van der Waals surface area contributed by atoms with E-state index < -0.39 is 4.92 Å². The molecule has 0 atom stereocenters. The van der Waals surface area contributed by atoms with E-state index in [1.54, 1.807) is 24.7 Å². The standard InChI is InChI=1S/C23H20N4O4S/c1-30-20-10-6-5-9-19(20)22-24-25-23(26(22)15-13-17-7-3-2-4-8-17)32-16-14-18-11-12-21(31-18)27(28)29/h2-12,14,16H,13,15H2,1H3/b16-14+. The molecule has 32 heavy (non-hydrogen) atoms. The fourth-order valence-electron chi connectivity index (χ4n) is 3.18.